The highest BCUT2D eigenvalue weighted by Crippen LogP contribution is 2.28. The maximum absolute atomic E-state index is 10.5. The summed E-state index contributed by atoms with van der Waals surface area (Å²) in [5, 5.41) is 10.5. The van der Waals surface area contributed by atoms with Crippen LogP contribution in [0.3, 0.4) is 0 Å². The minimum absolute atomic E-state index is 0.132. The van der Waals surface area contributed by atoms with E-state index >= 15 is 0 Å². The first-order valence-electron chi connectivity index (χ1n) is 3.73. The average Bonchev–Trinajstić information content (AvgIpc) is 2.16. The molecule has 1 unspecified atom stereocenters. The number of hydrogen-bond acceptors (Lipinski definition) is 5. The Bertz CT molecular complexity index is 408. The van der Waals surface area contributed by atoms with E-state index in [1.807, 2.05) is 4.72 Å². The molecule has 1 rings (SSSR count). The van der Waals surface area contributed by atoms with Gasteiger partial charge in [-0.2, -0.15) is 0 Å². The first-order valence-corrected chi connectivity index (χ1v) is 4.80. The number of nitrogens with one attached hydrogen (secondary N) is 1. The van der Waals surface area contributed by atoms with Crippen molar-refractivity contribution in [1.82, 2.24) is 0 Å². The van der Waals surface area contributed by atoms with Gasteiger partial charge < -0.3 is 14.0 Å². The molecule has 15 heavy (non-hydrogen) atoms. The number of nitro benzene ring substituents is 1. The summed E-state index contributed by atoms with van der Waals surface area (Å²) in [5.74, 6) is 0.327. The zero-order chi connectivity index (χ0) is 11.4. The van der Waals surface area contributed by atoms with E-state index in [4.69, 9.17) is 4.74 Å². The van der Waals surface area contributed by atoms with Crippen molar-refractivity contribution in [1.29, 1.82) is 0 Å². The molecule has 8 heteroatoms. The van der Waals surface area contributed by atoms with E-state index in [0.29, 0.717) is 5.75 Å². The summed E-state index contributed by atoms with van der Waals surface area (Å²) in [5.41, 5.74) is -0.465. The predicted octanol–water partition coefficient (Wildman–Crippen LogP) is 0.809. The van der Waals surface area contributed by atoms with Crippen LogP contribution in [0.2, 0.25) is 0 Å². The van der Waals surface area contributed by atoms with Crippen molar-refractivity contribution in [2.75, 3.05) is 11.8 Å². The van der Waals surface area contributed by atoms with Gasteiger partial charge in [0.2, 0.25) is 0 Å². The van der Waals surface area contributed by atoms with Crippen LogP contribution in [-0.2, 0) is 11.3 Å². The number of hydrogen-bond donors (Lipinski definition) is 1. The topological polar surface area (TPSA) is 105 Å². The smallest absolute Gasteiger partial charge is 0.293 e. The van der Waals surface area contributed by atoms with Crippen LogP contribution in [0.15, 0.2) is 18.2 Å². The third-order valence-electron chi connectivity index (χ3n) is 1.59. The van der Waals surface area contributed by atoms with Crippen LogP contribution >= 0.6 is 0 Å². The van der Waals surface area contributed by atoms with E-state index in [0.717, 1.165) is 6.07 Å². The lowest BCUT2D eigenvalue weighted by atomic mass is 10.2. The Morgan fingerprint density at radius 1 is 1.53 bits per heavy atom. The fourth-order valence-electron chi connectivity index (χ4n) is 0.973. The van der Waals surface area contributed by atoms with Gasteiger partial charge in [0.05, 0.1) is 12.0 Å². The Labute approximate surface area is 87.6 Å². The molecule has 1 aromatic rings. The molecule has 0 saturated heterocycles. The minimum atomic E-state index is -2.61. The van der Waals surface area contributed by atoms with Crippen LogP contribution in [0.25, 0.3) is 0 Å². The van der Waals surface area contributed by atoms with Gasteiger partial charge in [-0.15, -0.1) is 0 Å². The molecule has 1 aromatic carbocycles. The fourth-order valence-corrected chi connectivity index (χ4v) is 1.32. The Hall–Kier alpha value is -1.67. The second kappa shape index (κ2) is 4.71. The number of rotatable bonds is 4. The Balaban J connectivity index is 3.16. The largest absolute Gasteiger partial charge is 0.755 e. The van der Waals surface area contributed by atoms with Crippen LogP contribution in [0.5, 0.6) is 5.75 Å². The van der Waals surface area contributed by atoms with E-state index in [1.54, 1.807) is 0 Å². The van der Waals surface area contributed by atoms with Crippen LogP contribution in [0.4, 0.5) is 11.4 Å². The van der Waals surface area contributed by atoms with Gasteiger partial charge in [0.1, 0.15) is 11.4 Å². The zero-order valence-electron chi connectivity index (χ0n) is 7.63. The second-order valence-corrected chi connectivity index (χ2v) is 3.15. The molecule has 0 aliphatic rings. The first-order chi connectivity index (χ1) is 7.04. The lowest BCUT2D eigenvalue weighted by molar-refractivity contribution is -0.383. The minimum Gasteiger partial charge on any atom is -0.755 e. The maximum atomic E-state index is 10.5. The summed E-state index contributed by atoms with van der Waals surface area (Å²) in [6.07, 6.45) is 0. The highest BCUT2D eigenvalue weighted by Gasteiger charge is 2.14. The molecule has 0 saturated carbocycles. The van der Waals surface area contributed by atoms with Crippen molar-refractivity contribution in [2.24, 2.45) is 0 Å². The summed E-state index contributed by atoms with van der Waals surface area (Å²) in [6.45, 7) is 0. The van der Waals surface area contributed by atoms with Gasteiger partial charge in [-0.1, -0.05) is 0 Å². The van der Waals surface area contributed by atoms with Crippen molar-refractivity contribution in [3.63, 3.8) is 0 Å². The Kier molecular flexibility index (Phi) is 3.58. The summed E-state index contributed by atoms with van der Waals surface area (Å²) < 4.78 is 27.5. The summed E-state index contributed by atoms with van der Waals surface area (Å²) >= 11 is -2.61. The number of ether oxygens (including phenoxy) is 1. The molecule has 1 atom stereocenters. The van der Waals surface area contributed by atoms with E-state index in [9.17, 15) is 18.9 Å². The second-order valence-electron chi connectivity index (χ2n) is 2.48. The highest BCUT2D eigenvalue weighted by molar-refractivity contribution is 7.80. The van der Waals surface area contributed by atoms with Crippen LogP contribution < -0.4 is 9.46 Å². The van der Waals surface area contributed by atoms with Crippen molar-refractivity contribution in [3.8, 4) is 5.75 Å². The number of anilines is 1. The molecule has 0 amide bonds. The van der Waals surface area contributed by atoms with E-state index < -0.39 is 16.2 Å². The summed E-state index contributed by atoms with van der Waals surface area (Å²) in [4.78, 5) is 9.84. The molecule has 0 aromatic heterocycles. The quantitative estimate of drug-likeness (QED) is 0.469. The van der Waals surface area contributed by atoms with Crippen molar-refractivity contribution in [3.05, 3.63) is 28.3 Å². The maximum Gasteiger partial charge on any atom is 0.293 e. The van der Waals surface area contributed by atoms with E-state index in [-0.39, 0.29) is 11.4 Å². The Morgan fingerprint density at radius 3 is 2.67 bits per heavy atom. The van der Waals surface area contributed by atoms with Gasteiger partial charge in [0, 0.05) is 23.4 Å². The van der Waals surface area contributed by atoms with Gasteiger partial charge in [-0.05, 0) is 6.07 Å². The van der Waals surface area contributed by atoms with Crippen molar-refractivity contribution in [2.45, 2.75) is 0 Å². The number of nitrogens with zero attached hydrogens (tertiary/aromatic N) is 1. The molecule has 0 fully saturated rings. The molecule has 0 radical (unpaired) electrons. The number of benzene rings is 1. The molecule has 82 valence electrons. The van der Waals surface area contributed by atoms with Gasteiger partial charge >= 0.3 is 0 Å². The molecule has 7 nitrogen and oxygen atoms in total. The van der Waals surface area contributed by atoms with Crippen molar-refractivity contribution < 1.29 is 18.4 Å². The van der Waals surface area contributed by atoms with Gasteiger partial charge in [-0.25, -0.2) is 0 Å². The number of nitro groups is 1. The lowest BCUT2D eigenvalue weighted by Crippen LogP contribution is -2.05. The van der Waals surface area contributed by atoms with Gasteiger partial charge in [-0.3, -0.25) is 14.3 Å². The molecule has 0 aliphatic carbocycles. The van der Waals surface area contributed by atoms with E-state index in [1.165, 1.54) is 19.2 Å². The first kappa shape index (κ1) is 11.4. The predicted molar refractivity (Wildman–Crippen MR) is 52.2 cm³/mol. The molecule has 0 aliphatic heterocycles. The molecule has 0 bridgehead atoms. The third-order valence-corrected chi connectivity index (χ3v) is 1.98. The highest BCUT2D eigenvalue weighted by atomic mass is 32.2. The van der Waals surface area contributed by atoms with Crippen molar-refractivity contribution >= 4 is 22.6 Å². The number of methoxy groups -OCH3 is 1. The molecular formula is C7H7N2O5S-. The van der Waals surface area contributed by atoms with Gasteiger partial charge in [0.15, 0.2) is 0 Å². The average molecular weight is 231 g/mol. The van der Waals surface area contributed by atoms with Crippen LogP contribution in [0.1, 0.15) is 0 Å². The lowest BCUT2D eigenvalue weighted by Gasteiger charge is -2.09. The molecular weight excluding hydrogens is 224 g/mol. The monoisotopic (exact) mass is 231 g/mol. The normalized spacial score (nSPS) is 11.9. The molecule has 0 heterocycles. The fraction of sp³-hybridized carbons (Fsp3) is 0.143. The van der Waals surface area contributed by atoms with Gasteiger partial charge in [0.25, 0.3) is 5.69 Å². The molecule has 0 spiro atoms. The van der Waals surface area contributed by atoms with Crippen LogP contribution in [-0.4, -0.2) is 20.8 Å². The Morgan fingerprint density at radius 2 is 2.20 bits per heavy atom. The summed E-state index contributed by atoms with van der Waals surface area (Å²) in [7, 11) is 1.37. The van der Waals surface area contributed by atoms with Crippen LogP contribution in [0, 0.1) is 10.1 Å². The zero-order valence-corrected chi connectivity index (χ0v) is 8.45. The third kappa shape index (κ3) is 2.89. The standard InChI is InChI=1S/C7H8N2O5S/c1-14-5-2-3-7(9(10)11)6(4-5)8-15(12)13/h2-4,8H,1H3,(H,12,13)/p-1. The SMILES string of the molecule is COc1ccc([N+](=O)[O-])c(NS(=O)[O-])c1. The molecule has 1 N–H and O–H groups in total. The summed E-state index contributed by atoms with van der Waals surface area (Å²) in [6, 6.07) is 3.76. The van der Waals surface area contributed by atoms with E-state index in [2.05, 4.69) is 0 Å².